The zero-order valence-electron chi connectivity index (χ0n) is 11.2. The summed E-state index contributed by atoms with van der Waals surface area (Å²) in [4.78, 5) is 4.07. The molecule has 1 N–H and O–H groups in total. The summed E-state index contributed by atoms with van der Waals surface area (Å²) in [7, 11) is 0. The fourth-order valence-corrected chi connectivity index (χ4v) is 1.66. The minimum Gasteiger partial charge on any atom is -0.436 e. The number of hydrogen-bond acceptors (Lipinski definition) is 3. The van der Waals surface area contributed by atoms with Gasteiger partial charge in [0, 0.05) is 18.8 Å². The standard InChI is InChI=1S/C15H16F2N2O/c1-2-8-18-9-11-6-7-14(19-10-11)20-13-5-3-4-12(16)15(13)17/h3-7,10,18H,2,8-9H2,1H3. The maximum absolute atomic E-state index is 13.4. The summed E-state index contributed by atoms with van der Waals surface area (Å²) in [5.41, 5.74) is 1.01. The van der Waals surface area contributed by atoms with E-state index in [9.17, 15) is 8.78 Å². The molecule has 0 amide bonds. The van der Waals surface area contributed by atoms with Crippen molar-refractivity contribution in [1.82, 2.24) is 10.3 Å². The topological polar surface area (TPSA) is 34.1 Å². The Labute approximate surface area is 116 Å². The molecule has 1 aromatic heterocycles. The van der Waals surface area contributed by atoms with Crippen LogP contribution >= 0.6 is 0 Å². The van der Waals surface area contributed by atoms with Gasteiger partial charge in [0.25, 0.3) is 0 Å². The number of halogens is 2. The molecular formula is C15H16F2N2O. The lowest BCUT2D eigenvalue weighted by atomic mass is 10.3. The van der Waals surface area contributed by atoms with Gasteiger partial charge < -0.3 is 10.1 Å². The Morgan fingerprint density at radius 1 is 1.20 bits per heavy atom. The fourth-order valence-electron chi connectivity index (χ4n) is 1.66. The molecule has 0 spiro atoms. The van der Waals surface area contributed by atoms with Crippen molar-refractivity contribution in [2.24, 2.45) is 0 Å². The third-order valence-electron chi connectivity index (χ3n) is 2.68. The summed E-state index contributed by atoms with van der Waals surface area (Å²) in [5.74, 6) is -1.89. The lowest BCUT2D eigenvalue weighted by Crippen LogP contribution is -2.13. The van der Waals surface area contributed by atoms with Crippen LogP contribution in [0.5, 0.6) is 11.6 Å². The van der Waals surface area contributed by atoms with E-state index < -0.39 is 11.6 Å². The third kappa shape index (κ3) is 3.74. The monoisotopic (exact) mass is 278 g/mol. The molecule has 0 unspecified atom stereocenters. The molecule has 0 aliphatic carbocycles. The molecule has 20 heavy (non-hydrogen) atoms. The Morgan fingerprint density at radius 2 is 2.05 bits per heavy atom. The lowest BCUT2D eigenvalue weighted by molar-refractivity contribution is 0.405. The van der Waals surface area contributed by atoms with Gasteiger partial charge in [0.15, 0.2) is 11.6 Å². The minimum absolute atomic E-state index is 0.172. The first-order valence-corrected chi connectivity index (χ1v) is 6.48. The van der Waals surface area contributed by atoms with Crippen molar-refractivity contribution in [2.75, 3.05) is 6.54 Å². The van der Waals surface area contributed by atoms with E-state index >= 15 is 0 Å². The van der Waals surface area contributed by atoms with Crippen LogP contribution in [0.1, 0.15) is 18.9 Å². The van der Waals surface area contributed by atoms with Crippen LogP contribution in [0.2, 0.25) is 0 Å². The van der Waals surface area contributed by atoms with Crippen molar-refractivity contribution < 1.29 is 13.5 Å². The molecule has 0 atom stereocenters. The number of aromatic nitrogens is 1. The number of nitrogens with one attached hydrogen (secondary N) is 1. The van der Waals surface area contributed by atoms with Crippen LogP contribution in [0.4, 0.5) is 8.78 Å². The van der Waals surface area contributed by atoms with Crippen molar-refractivity contribution >= 4 is 0 Å². The van der Waals surface area contributed by atoms with Crippen LogP contribution in [-0.2, 0) is 6.54 Å². The predicted octanol–water partition coefficient (Wildman–Crippen LogP) is 3.65. The van der Waals surface area contributed by atoms with Crippen molar-refractivity contribution in [1.29, 1.82) is 0 Å². The summed E-state index contributed by atoms with van der Waals surface area (Å²) in [5, 5.41) is 3.25. The highest BCUT2D eigenvalue weighted by atomic mass is 19.2. The molecule has 0 saturated carbocycles. The van der Waals surface area contributed by atoms with Crippen LogP contribution in [0.25, 0.3) is 0 Å². The maximum Gasteiger partial charge on any atom is 0.219 e. The van der Waals surface area contributed by atoms with Crippen LogP contribution in [0.3, 0.4) is 0 Å². The van der Waals surface area contributed by atoms with Crippen LogP contribution in [0, 0.1) is 11.6 Å². The zero-order valence-corrected chi connectivity index (χ0v) is 11.2. The molecule has 2 aromatic rings. The van der Waals surface area contributed by atoms with Gasteiger partial charge in [-0.15, -0.1) is 0 Å². The lowest BCUT2D eigenvalue weighted by Gasteiger charge is -2.07. The highest BCUT2D eigenvalue weighted by Gasteiger charge is 2.10. The van der Waals surface area contributed by atoms with E-state index in [1.165, 1.54) is 12.1 Å². The van der Waals surface area contributed by atoms with E-state index in [1.54, 1.807) is 12.3 Å². The molecule has 0 aliphatic heterocycles. The molecule has 0 aliphatic rings. The second-order valence-corrected chi connectivity index (χ2v) is 4.34. The summed E-state index contributed by atoms with van der Waals surface area (Å²) in [6, 6.07) is 7.25. The summed E-state index contributed by atoms with van der Waals surface area (Å²) < 4.78 is 31.7. The SMILES string of the molecule is CCCNCc1ccc(Oc2cccc(F)c2F)nc1. The maximum atomic E-state index is 13.4. The molecular weight excluding hydrogens is 262 g/mol. The molecule has 0 bridgehead atoms. The number of ether oxygens (including phenoxy) is 1. The molecule has 1 heterocycles. The fraction of sp³-hybridized carbons (Fsp3) is 0.267. The highest BCUT2D eigenvalue weighted by Crippen LogP contribution is 2.24. The zero-order chi connectivity index (χ0) is 14.4. The molecule has 106 valence electrons. The molecule has 2 rings (SSSR count). The quantitative estimate of drug-likeness (QED) is 0.819. The molecule has 0 fully saturated rings. The molecule has 0 saturated heterocycles. The van der Waals surface area contributed by atoms with Gasteiger partial charge >= 0.3 is 0 Å². The second-order valence-electron chi connectivity index (χ2n) is 4.34. The van der Waals surface area contributed by atoms with E-state index in [-0.39, 0.29) is 11.6 Å². The van der Waals surface area contributed by atoms with Crippen LogP contribution < -0.4 is 10.1 Å². The number of benzene rings is 1. The van der Waals surface area contributed by atoms with Crippen molar-refractivity contribution in [3.05, 3.63) is 53.7 Å². The van der Waals surface area contributed by atoms with Gasteiger partial charge in [-0.2, -0.15) is 4.39 Å². The molecule has 1 aromatic carbocycles. The van der Waals surface area contributed by atoms with E-state index in [4.69, 9.17) is 4.74 Å². The first-order chi connectivity index (χ1) is 9.70. The number of nitrogens with zero attached hydrogens (tertiary/aromatic N) is 1. The van der Waals surface area contributed by atoms with Gasteiger partial charge in [-0.05, 0) is 30.7 Å². The average Bonchev–Trinajstić information content (AvgIpc) is 2.46. The smallest absolute Gasteiger partial charge is 0.219 e. The van der Waals surface area contributed by atoms with E-state index in [1.807, 2.05) is 6.07 Å². The third-order valence-corrected chi connectivity index (χ3v) is 2.68. The Bertz CT molecular complexity index is 558. The normalized spacial score (nSPS) is 10.6. The molecule has 0 radical (unpaired) electrons. The van der Waals surface area contributed by atoms with Gasteiger partial charge in [0.05, 0.1) is 0 Å². The second kappa shape index (κ2) is 6.96. The Balaban J connectivity index is 2.01. The van der Waals surface area contributed by atoms with Crippen molar-refractivity contribution in [3.63, 3.8) is 0 Å². The Morgan fingerprint density at radius 3 is 2.75 bits per heavy atom. The minimum atomic E-state index is -1.01. The molecule has 5 heteroatoms. The number of pyridine rings is 1. The van der Waals surface area contributed by atoms with Gasteiger partial charge in [-0.25, -0.2) is 9.37 Å². The molecule has 3 nitrogen and oxygen atoms in total. The summed E-state index contributed by atoms with van der Waals surface area (Å²) in [6.45, 7) is 3.75. The van der Waals surface area contributed by atoms with E-state index in [0.29, 0.717) is 0 Å². The number of rotatable bonds is 6. The van der Waals surface area contributed by atoms with Crippen molar-refractivity contribution in [3.8, 4) is 11.6 Å². The first kappa shape index (κ1) is 14.4. The average molecular weight is 278 g/mol. The highest BCUT2D eigenvalue weighted by molar-refractivity contribution is 5.30. The largest absolute Gasteiger partial charge is 0.436 e. The van der Waals surface area contributed by atoms with Gasteiger partial charge in [-0.3, -0.25) is 0 Å². The van der Waals surface area contributed by atoms with E-state index in [2.05, 4.69) is 17.2 Å². The van der Waals surface area contributed by atoms with E-state index in [0.717, 1.165) is 31.1 Å². The van der Waals surface area contributed by atoms with Crippen LogP contribution in [0.15, 0.2) is 36.5 Å². The number of hydrogen-bond donors (Lipinski definition) is 1. The summed E-state index contributed by atoms with van der Waals surface area (Å²) >= 11 is 0. The van der Waals surface area contributed by atoms with Crippen LogP contribution in [-0.4, -0.2) is 11.5 Å². The Kier molecular flexibility index (Phi) is 5.01. The van der Waals surface area contributed by atoms with Crippen molar-refractivity contribution in [2.45, 2.75) is 19.9 Å². The van der Waals surface area contributed by atoms with Gasteiger partial charge in [0.2, 0.25) is 11.7 Å². The van der Waals surface area contributed by atoms with Gasteiger partial charge in [0.1, 0.15) is 0 Å². The first-order valence-electron chi connectivity index (χ1n) is 6.48. The summed E-state index contributed by atoms with van der Waals surface area (Å²) in [6.07, 6.45) is 2.71. The predicted molar refractivity (Wildman–Crippen MR) is 72.7 cm³/mol. The van der Waals surface area contributed by atoms with Gasteiger partial charge in [-0.1, -0.05) is 19.1 Å². The Hall–Kier alpha value is -2.01.